The fourth-order valence-electron chi connectivity index (χ4n) is 4.14. The first kappa shape index (κ1) is 18.1. The van der Waals surface area contributed by atoms with Crippen molar-refractivity contribution in [2.75, 3.05) is 79.2 Å². The number of piperazine rings is 1. The van der Waals surface area contributed by atoms with Crippen LogP contribution in [0.5, 0.6) is 0 Å². The quantitative estimate of drug-likeness (QED) is 0.739. The molecular formula is C18H34N4O2. The van der Waals surface area contributed by atoms with Gasteiger partial charge in [0, 0.05) is 58.3 Å². The van der Waals surface area contributed by atoms with E-state index >= 15 is 0 Å². The second kappa shape index (κ2) is 9.13. The van der Waals surface area contributed by atoms with Gasteiger partial charge in [-0.25, -0.2) is 0 Å². The molecule has 0 aromatic heterocycles. The van der Waals surface area contributed by atoms with Gasteiger partial charge in [0.05, 0.1) is 13.2 Å². The van der Waals surface area contributed by atoms with Gasteiger partial charge in [0.25, 0.3) is 0 Å². The summed E-state index contributed by atoms with van der Waals surface area (Å²) in [6, 6.07) is 0.715. The molecule has 3 aliphatic heterocycles. The molecule has 1 unspecified atom stereocenters. The maximum absolute atomic E-state index is 12.4. The van der Waals surface area contributed by atoms with E-state index in [0.29, 0.717) is 18.4 Å². The van der Waals surface area contributed by atoms with Crippen LogP contribution in [-0.4, -0.2) is 111 Å². The molecule has 3 saturated heterocycles. The number of rotatable bonds is 4. The maximum atomic E-state index is 12.4. The van der Waals surface area contributed by atoms with Crippen molar-refractivity contribution in [1.29, 1.82) is 0 Å². The molecule has 6 nitrogen and oxygen atoms in total. The highest BCUT2D eigenvalue weighted by atomic mass is 16.5. The summed E-state index contributed by atoms with van der Waals surface area (Å²) in [4.78, 5) is 21.9. The summed E-state index contributed by atoms with van der Waals surface area (Å²) in [6.07, 6.45) is 4.47. The summed E-state index contributed by atoms with van der Waals surface area (Å²) in [5, 5.41) is 0. The van der Waals surface area contributed by atoms with Gasteiger partial charge < -0.3 is 19.4 Å². The number of carbonyl (C=O) groups excluding carboxylic acids is 1. The lowest BCUT2D eigenvalue weighted by atomic mass is 10.1. The zero-order chi connectivity index (χ0) is 16.8. The molecule has 3 rings (SSSR count). The number of amides is 1. The van der Waals surface area contributed by atoms with Crippen LogP contribution in [0.15, 0.2) is 0 Å². The molecule has 0 bridgehead atoms. The number of morpholine rings is 1. The summed E-state index contributed by atoms with van der Waals surface area (Å²) in [5.74, 6) is 0.345. The molecule has 0 radical (unpaired) electrons. The molecule has 138 valence electrons. The Balaban J connectivity index is 1.37. The standard InChI is InChI=1S/C18H34N4O2/c1-19-9-11-22(12-10-19)18(23)5-8-20-6-2-3-17(4-7-20)21-13-15-24-16-14-21/h17H,2-16H2,1H3. The minimum atomic E-state index is 0.345. The SMILES string of the molecule is CN1CCN(C(=O)CCN2CCCC(N3CCOCC3)CC2)CC1. The Morgan fingerprint density at radius 1 is 0.958 bits per heavy atom. The van der Waals surface area contributed by atoms with E-state index in [2.05, 4.69) is 21.7 Å². The normalized spacial score (nSPS) is 28.7. The van der Waals surface area contributed by atoms with E-state index in [0.717, 1.165) is 72.1 Å². The largest absolute Gasteiger partial charge is 0.379 e. The number of hydrogen-bond acceptors (Lipinski definition) is 5. The second-order valence-electron chi connectivity index (χ2n) is 7.51. The van der Waals surface area contributed by atoms with E-state index in [1.807, 2.05) is 4.90 Å². The van der Waals surface area contributed by atoms with Crippen molar-refractivity contribution in [3.63, 3.8) is 0 Å². The van der Waals surface area contributed by atoms with Gasteiger partial charge in [-0.3, -0.25) is 9.69 Å². The molecule has 3 heterocycles. The molecule has 3 fully saturated rings. The van der Waals surface area contributed by atoms with Crippen molar-refractivity contribution >= 4 is 5.91 Å². The van der Waals surface area contributed by atoms with Crippen molar-refractivity contribution in [1.82, 2.24) is 19.6 Å². The predicted octanol–water partition coefficient (Wildman–Crippen LogP) is 0.337. The molecular weight excluding hydrogens is 304 g/mol. The van der Waals surface area contributed by atoms with E-state index in [1.165, 1.54) is 19.3 Å². The Kier molecular flexibility index (Phi) is 6.89. The molecule has 1 amide bonds. The second-order valence-corrected chi connectivity index (χ2v) is 7.51. The number of ether oxygens (including phenoxy) is 1. The number of nitrogens with zero attached hydrogens (tertiary/aromatic N) is 4. The predicted molar refractivity (Wildman–Crippen MR) is 95.2 cm³/mol. The van der Waals surface area contributed by atoms with Crippen LogP contribution in [0.1, 0.15) is 25.7 Å². The van der Waals surface area contributed by atoms with Gasteiger partial charge in [0.15, 0.2) is 0 Å². The number of hydrogen-bond donors (Lipinski definition) is 0. The lowest BCUT2D eigenvalue weighted by molar-refractivity contribution is -0.133. The van der Waals surface area contributed by atoms with Gasteiger partial charge in [0.2, 0.25) is 5.91 Å². The van der Waals surface area contributed by atoms with Gasteiger partial charge in [-0.05, 0) is 39.4 Å². The summed E-state index contributed by atoms with van der Waals surface area (Å²) in [5.41, 5.74) is 0. The number of likely N-dealkylation sites (N-methyl/N-ethyl adjacent to an activating group) is 1. The average molecular weight is 338 g/mol. The highest BCUT2D eigenvalue weighted by Gasteiger charge is 2.25. The van der Waals surface area contributed by atoms with E-state index in [4.69, 9.17) is 4.74 Å². The molecule has 0 aromatic rings. The van der Waals surface area contributed by atoms with E-state index in [1.54, 1.807) is 0 Å². The summed E-state index contributed by atoms with van der Waals surface area (Å²) in [7, 11) is 2.13. The first-order chi connectivity index (χ1) is 11.7. The van der Waals surface area contributed by atoms with Gasteiger partial charge in [-0.1, -0.05) is 0 Å². The van der Waals surface area contributed by atoms with Gasteiger partial charge in [-0.15, -0.1) is 0 Å². The van der Waals surface area contributed by atoms with E-state index in [9.17, 15) is 4.79 Å². The molecule has 0 spiro atoms. The first-order valence-electron chi connectivity index (χ1n) is 9.73. The van der Waals surface area contributed by atoms with Crippen LogP contribution < -0.4 is 0 Å². The Morgan fingerprint density at radius 2 is 1.71 bits per heavy atom. The summed E-state index contributed by atoms with van der Waals surface area (Å²) < 4.78 is 5.47. The van der Waals surface area contributed by atoms with Crippen molar-refractivity contribution in [2.45, 2.75) is 31.7 Å². The topological polar surface area (TPSA) is 39.3 Å². The fraction of sp³-hybridized carbons (Fsp3) is 0.944. The lowest BCUT2D eigenvalue weighted by Crippen LogP contribution is -2.47. The number of likely N-dealkylation sites (tertiary alicyclic amines) is 1. The van der Waals surface area contributed by atoms with Crippen molar-refractivity contribution in [3.8, 4) is 0 Å². The van der Waals surface area contributed by atoms with Gasteiger partial charge in [-0.2, -0.15) is 0 Å². The van der Waals surface area contributed by atoms with Gasteiger partial charge >= 0.3 is 0 Å². The average Bonchev–Trinajstić information content (AvgIpc) is 2.87. The third-order valence-electron chi connectivity index (χ3n) is 5.85. The zero-order valence-electron chi connectivity index (χ0n) is 15.3. The fourth-order valence-corrected chi connectivity index (χ4v) is 4.14. The van der Waals surface area contributed by atoms with Crippen LogP contribution in [0.3, 0.4) is 0 Å². The number of carbonyl (C=O) groups is 1. The third-order valence-corrected chi connectivity index (χ3v) is 5.85. The van der Waals surface area contributed by atoms with Crippen molar-refractivity contribution in [2.24, 2.45) is 0 Å². The highest BCUT2D eigenvalue weighted by molar-refractivity contribution is 5.76. The van der Waals surface area contributed by atoms with E-state index < -0.39 is 0 Å². The highest BCUT2D eigenvalue weighted by Crippen LogP contribution is 2.18. The molecule has 6 heteroatoms. The van der Waals surface area contributed by atoms with Crippen molar-refractivity contribution in [3.05, 3.63) is 0 Å². The van der Waals surface area contributed by atoms with Crippen LogP contribution >= 0.6 is 0 Å². The molecule has 0 saturated carbocycles. The summed E-state index contributed by atoms with van der Waals surface area (Å²) in [6.45, 7) is 11.0. The van der Waals surface area contributed by atoms with Crippen LogP contribution in [0.25, 0.3) is 0 Å². The summed E-state index contributed by atoms with van der Waals surface area (Å²) >= 11 is 0. The minimum Gasteiger partial charge on any atom is -0.379 e. The minimum absolute atomic E-state index is 0.345. The first-order valence-corrected chi connectivity index (χ1v) is 9.73. The van der Waals surface area contributed by atoms with Gasteiger partial charge in [0.1, 0.15) is 0 Å². The van der Waals surface area contributed by atoms with Crippen LogP contribution in [0.4, 0.5) is 0 Å². The molecule has 0 N–H and O–H groups in total. The van der Waals surface area contributed by atoms with Crippen molar-refractivity contribution < 1.29 is 9.53 Å². The van der Waals surface area contributed by atoms with Crippen LogP contribution in [0, 0.1) is 0 Å². The molecule has 24 heavy (non-hydrogen) atoms. The smallest absolute Gasteiger partial charge is 0.223 e. The molecule has 1 atom stereocenters. The third kappa shape index (κ3) is 5.15. The molecule has 3 aliphatic rings. The monoisotopic (exact) mass is 338 g/mol. The molecule has 0 aliphatic carbocycles. The Bertz CT molecular complexity index is 392. The van der Waals surface area contributed by atoms with Crippen LogP contribution in [0.2, 0.25) is 0 Å². The lowest BCUT2D eigenvalue weighted by Gasteiger charge is -2.34. The Hall–Kier alpha value is -0.690. The Morgan fingerprint density at radius 3 is 2.46 bits per heavy atom. The van der Waals surface area contributed by atoms with E-state index in [-0.39, 0.29) is 0 Å². The molecule has 0 aromatic carbocycles. The Labute approximate surface area is 146 Å². The van der Waals surface area contributed by atoms with Crippen LogP contribution in [-0.2, 0) is 9.53 Å². The maximum Gasteiger partial charge on any atom is 0.223 e. The zero-order valence-corrected chi connectivity index (χ0v) is 15.3.